The van der Waals surface area contributed by atoms with E-state index in [9.17, 15) is 23.2 Å². The van der Waals surface area contributed by atoms with Crippen LogP contribution in [0.3, 0.4) is 0 Å². The summed E-state index contributed by atoms with van der Waals surface area (Å²) in [5, 5.41) is 2.19. The van der Waals surface area contributed by atoms with Crippen LogP contribution in [0.2, 0.25) is 0 Å². The van der Waals surface area contributed by atoms with E-state index in [0.717, 1.165) is 37.8 Å². The molecule has 2 heterocycles. The maximum atomic E-state index is 13.6. The van der Waals surface area contributed by atoms with Crippen molar-refractivity contribution in [2.24, 2.45) is 11.8 Å². The molecule has 0 bridgehead atoms. The topological polar surface area (TPSA) is 75.7 Å². The molecular weight excluding hydrogens is 590 g/mol. The largest absolute Gasteiger partial charge is 0.366 e. The number of carbonyl (C=O) groups excluding carboxylic acids is 3. The molecular formula is C22H35ClF2N2O4S5. The predicted octanol–water partition coefficient (Wildman–Crippen LogP) is 3.24. The third kappa shape index (κ3) is 8.09. The Labute approximate surface area is 250 Å². The van der Waals surface area contributed by atoms with Crippen molar-refractivity contribution < 1.29 is 27.9 Å². The quantitative estimate of drug-likeness (QED) is 0.522. The Morgan fingerprint density at radius 2 is 1.58 bits per heavy atom. The third-order valence-electron chi connectivity index (χ3n) is 6.61. The molecule has 1 saturated carbocycles. The summed E-state index contributed by atoms with van der Waals surface area (Å²) in [6, 6.07) is 0.861. The summed E-state index contributed by atoms with van der Waals surface area (Å²) in [6.45, 7) is 2.19. The maximum Gasteiger partial charge on any atom is 0.252 e. The number of hydrogen-bond donors (Lipinski definition) is 1. The van der Waals surface area contributed by atoms with Gasteiger partial charge in [-0.15, -0.1) is 11.6 Å². The minimum Gasteiger partial charge on any atom is -0.366 e. The Bertz CT molecular complexity index is 891. The molecule has 1 aromatic carbocycles. The molecule has 0 unspecified atom stereocenters. The zero-order chi connectivity index (χ0) is 22.3. The first-order valence-electron chi connectivity index (χ1n) is 10.6. The molecule has 1 N–H and O–H groups in total. The molecule has 3 aliphatic rings. The van der Waals surface area contributed by atoms with Crippen LogP contribution in [0.15, 0.2) is 18.2 Å². The zero-order valence-corrected chi connectivity index (χ0v) is 25.4. The fourth-order valence-corrected chi connectivity index (χ4v) is 5.27. The van der Waals surface area contributed by atoms with Gasteiger partial charge in [0.15, 0.2) is 5.78 Å². The highest BCUT2D eigenvalue weighted by Gasteiger charge is 2.53. The summed E-state index contributed by atoms with van der Waals surface area (Å²) >= 11 is 6.32. The number of ketones is 1. The summed E-state index contributed by atoms with van der Waals surface area (Å²) in [7, 11) is 0. The van der Waals surface area contributed by atoms with Gasteiger partial charge in [0.2, 0.25) is 5.91 Å². The molecule has 0 spiro atoms. The highest BCUT2D eigenvalue weighted by molar-refractivity contribution is 7.60. The lowest BCUT2D eigenvalue weighted by Crippen LogP contribution is -2.55. The molecule has 36 heavy (non-hydrogen) atoms. The van der Waals surface area contributed by atoms with Crippen LogP contribution in [-0.2, 0) is 14.3 Å². The molecule has 4 atom stereocenters. The van der Waals surface area contributed by atoms with Gasteiger partial charge in [-0.05, 0) is 36.8 Å². The van der Waals surface area contributed by atoms with E-state index in [4.69, 9.17) is 16.3 Å². The molecule has 2 saturated heterocycles. The molecule has 14 heteroatoms. The molecule has 4 rings (SSSR count). The lowest BCUT2D eigenvalue weighted by atomic mass is 9.78. The summed E-state index contributed by atoms with van der Waals surface area (Å²) < 4.78 is 32.7. The number of benzene rings is 1. The number of ether oxygens (including phenoxy) is 1. The summed E-state index contributed by atoms with van der Waals surface area (Å²) in [4.78, 5) is 40.1. The number of hydrogen-bond acceptors (Lipinski definition) is 4. The SMILES string of the molecule is CC1CCC([C@H](NC(=O)c2cc(F)cc(F)c2)C(=O)N2C[C@H](Cl)[C@H]3OCC(=O)[C@H]32)CC1.S.S.S.S.S. The molecule has 1 aromatic rings. The van der Waals surface area contributed by atoms with Crippen molar-refractivity contribution in [1.29, 1.82) is 0 Å². The Kier molecular flexibility index (Phi) is 16.8. The van der Waals surface area contributed by atoms with E-state index < -0.39 is 47.0 Å². The number of halogens is 3. The molecule has 2 amide bonds. The average molecular weight is 625 g/mol. The molecule has 0 aromatic heterocycles. The van der Waals surface area contributed by atoms with Crippen molar-refractivity contribution in [2.75, 3.05) is 13.2 Å². The van der Waals surface area contributed by atoms with E-state index >= 15 is 0 Å². The Morgan fingerprint density at radius 1 is 1.03 bits per heavy atom. The van der Waals surface area contributed by atoms with Gasteiger partial charge in [-0.25, -0.2) is 8.78 Å². The van der Waals surface area contributed by atoms with Gasteiger partial charge in [0, 0.05) is 18.2 Å². The number of alkyl halides is 1. The fourth-order valence-electron chi connectivity index (χ4n) is 4.91. The van der Waals surface area contributed by atoms with E-state index in [1.165, 1.54) is 4.90 Å². The van der Waals surface area contributed by atoms with Gasteiger partial charge in [-0.2, -0.15) is 67.5 Å². The monoisotopic (exact) mass is 624 g/mol. The summed E-state index contributed by atoms with van der Waals surface area (Å²) in [5.74, 6) is -2.72. The first kappa shape index (κ1) is 37.8. The first-order chi connectivity index (χ1) is 14.7. The summed E-state index contributed by atoms with van der Waals surface area (Å²) in [6.07, 6.45) is 2.71. The number of carbonyl (C=O) groups is 3. The molecule has 208 valence electrons. The molecule has 3 fully saturated rings. The van der Waals surface area contributed by atoms with Crippen molar-refractivity contribution in [2.45, 2.75) is 56.2 Å². The minimum absolute atomic E-state index is 0. The average Bonchev–Trinajstić information content (AvgIpc) is 3.26. The number of nitrogens with zero attached hydrogens (tertiary/aromatic N) is 1. The van der Waals surface area contributed by atoms with Gasteiger partial charge in [0.1, 0.15) is 36.4 Å². The normalized spacial score (nSPS) is 27.1. The van der Waals surface area contributed by atoms with Crippen LogP contribution in [0.4, 0.5) is 8.78 Å². The van der Waals surface area contributed by atoms with Gasteiger partial charge in [-0.1, -0.05) is 19.8 Å². The maximum absolute atomic E-state index is 13.6. The van der Waals surface area contributed by atoms with Crippen molar-refractivity contribution in [1.82, 2.24) is 10.2 Å². The van der Waals surface area contributed by atoms with Crippen LogP contribution in [0.1, 0.15) is 43.0 Å². The smallest absolute Gasteiger partial charge is 0.252 e. The Morgan fingerprint density at radius 3 is 2.14 bits per heavy atom. The van der Waals surface area contributed by atoms with Crippen LogP contribution in [0.25, 0.3) is 0 Å². The Hall–Kier alpha value is -0.310. The lowest BCUT2D eigenvalue weighted by Gasteiger charge is -2.35. The third-order valence-corrected chi connectivity index (χ3v) is 7.00. The number of rotatable bonds is 4. The lowest BCUT2D eigenvalue weighted by molar-refractivity contribution is -0.139. The molecule has 0 radical (unpaired) electrons. The minimum atomic E-state index is -0.914. The highest BCUT2D eigenvalue weighted by atomic mass is 35.5. The Balaban J connectivity index is 0. The number of likely N-dealkylation sites (tertiary alicyclic amines) is 1. The second kappa shape index (κ2) is 15.9. The van der Waals surface area contributed by atoms with Gasteiger partial charge in [0.05, 0.1) is 5.38 Å². The second-order valence-corrected chi connectivity index (χ2v) is 9.38. The number of fused-ring (bicyclic) bond motifs is 1. The van der Waals surface area contributed by atoms with Crippen LogP contribution >= 0.6 is 79.1 Å². The van der Waals surface area contributed by atoms with Crippen molar-refractivity contribution in [3.63, 3.8) is 0 Å². The predicted molar refractivity (Wildman–Crippen MR) is 161 cm³/mol. The first-order valence-corrected chi connectivity index (χ1v) is 11.0. The standard InChI is InChI=1S/C22H25ClF2N2O4.5H2S/c1-11-2-4-12(5-3-11)18(26-21(29)13-6-14(24)8-15(25)7-13)22(30)27-9-16(23)20-19(27)17(28)10-31-20;;;;;/h6-8,11-12,16,18-20H,2-5,9-10H2,1H3,(H,26,29);5*1H2/t11?,12?,16-,18-,19+,20+;;;;;/m0...../s1. The van der Waals surface area contributed by atoms with E-state index in [0.29, 0.717) is 12.0 Å². The molecule has 1 aliphatic carbocycles. The van der Waals surface area contributed by atoms with Crippen LogP contribution < -0.4 is 5.32 Å². The van der Waals surface area contributed by atoms with E-state index in [1.807, 2.05) is 0 Å². The van der Waals surface area contributed by atoms with Crippen LogP contribution in [0.5, 0.6) is 0 Å². The van der Waals surface area contributed by atoms with E-state index in [1.54, 1.807) is 0 Å². The number of amides is 2. The summed E-state index contributed by atoms with van der Waals surface area (Å²) in [5.41, 5.74) is -0.200. The van der Waals surface area contributed by atoms with Crippen LogP contribution in [-0.4, -0.2) is 59.2 Å². The zero-order valence-electron chi connectivity index (χ0n) is 19.7. The number of nitrogens with one attached hydrogen (secondary N) is 1. The molecule has 6 nitrogen and oxygen atoms in total. The van der Waals surface area contributed by atoms with Gasteiger partial charge < -0.3 is 15.0 Å². The van der Waals surface area contributed by atoms with Gasteiger partial charge in [-0.3, -0.25) is 14.4 Å². The van der Waals surface area contributed by atoms with E-state index in [2.05, 4.69) is 12.2 Å². The highest BCUT2D eigenvalue weighted by Crippen LogP contribution is 2.35. The fraction of sp³-hybridized carbons (Fsp3) is 0.591. The number of Topliss-reactive ketones (excluding diaryl/α,β-unsaturated/α-hetero) is 1. The van der Waals surface area contributed by atoms with Crippen molar-refractivity contribution in [3.05, 3.63) is 35.4 Å². The van der Waals surface area contributed by atoms with Crippen molar-refractivity contribution in [3.8, 4) is 0 Å². The van der Waals surface area contributed by atoms with E-state index in [-0.39, 0.29) is 97.9 Å². The van der Waals surface area contributed by atoms with Crippen LogP contribution in [0, 0.1) is 23.5 Å². The van der Waals surface area contributed by atoms with Crippen molar-refractivity contribution >= 4 is 96.7 Å². The van der Waals surface area contributed by atoms with Gasteiger partial charge >= 0.3 is 0 Å². The second-order valence-electron chi connectivity index (χ2n) is 8.82. The molecule has 2 aliphatic heterocycles. The van der Waals surface area contributed by atoms with Gasteiger partial charge in [0.25, 0.3) is 5.91 Å².